The second-order valence-corrected chi connectivity index (χ2v) is 4.29. The highest BCUT2D eigenvalue weighted by Crippen LogP contribution is 2.15. The molecule has 0 unspecified atom stereocenters. The molecule has 2 nitrogen and oxygen atoms in total. The summed E-state index contributed by atoms with van der Waals surface area (Å²) in [5, 5.41) is 3.15. The smallest absolute Gasteiger partial charge is 0.0922 e. The number of hydrogen-bond donors (Lipinski definition) is 2. The first kappa shape index (κ1) is 10.1. The van der Waals surface area contributed by atoms with Gasteiger partial charge in [0.2, 0.25) is 0 Å². The molecule has 0 fully saturated rings. The minimum absolute atomic E-state index is 0.603. The summed E-state index contributed by atoms with van der Waals surface area (Å²) < 4.78 is 0. The van der Waals surface area contributed by atoms with Gasteiger partial charge in [0.1, 0.15) is 0 Å². The van der Waals surface area contributed by atoms with Crippen molar-refractivity contribution in [3.8, 4) is 0 Å². The third kappa shape index (κ3) is 2.75. The van der Waals surface area contributed by atoms with Crippen molar-refractivity contribution < 1.29 is 0 Å². The maximum atomic E-state index is 5.66. The molecule has 0 saturated carbocycles. The molecule has 1 heterocycles. The van der Waals surface area contributed by atoms with Crippen LogP contribution in [-0.4, -0.2) is 6.54 Å². The lowest BCUT2D eigenvalue weighted by Crippen LogP contribution is -2.16. The Morgan fingerprint density at radius 1 is 1.33 bits per heavy atom. The van der Waals surface area contributed by atoms with Crippen LogP contribution in [0, 0.1) is 12.8 Å². The first-order chi connectivity index (χ1) is 7.24. The van der Waals surface area contributed by atoms with E-state index in [-0.39, 0.29) is 0 Å². The van der Waals surface area contributed by atoms with E-state index in [1.807, 2.05) is 0 Å². The van der Waals surface area contributed by atoms with Crippen molar-refractivity contribution in [2.75, 3.05) is 6.54 Å². The number of nitrogens with one attached hydrogen (secondary N) is 1. The van der Waals surface area contributed by atoms with Gasteiger partial charge in [-0.2, -0.15) is 0 Å². The molecular weight excluding hydrogens is 184 g/mol. The molecule has 2 rings (SSSR count). The van der Waals surface area contributed by atoms with E-state index in [1.165, 1.54) is 17.5 Å². The Balaban J connectivity index is 1.86. The quantitative estimate of drug-likeness (QED) is 0.786. The summed E-state index contributed by atoms with van der Waals surface area (Å²) in [5.41, 5.74) is 8.40. The zero-order chi connectivity index (χ0) is 10.7. The van der Waals surface area contributed by atoms with Crippen LogP contribution in [0.1, 0.15) is 17.5 Å². The molecule has 1 aromatic carbocycles. The van der Waals surface area contributed by atoms with Gasteiger partial charge in [-0.3, -0.25) is 0 Å². The fourth-order valence-electron chi connectivity index (χ4n) is 1.91. The van der Waals surface area contributed by atoms with Crippen LogP contribution < -0.4 is 11.1 Å². The molecular formula is C13H18N2. The number of benzene rings is 1. The predicted molar refractivity (Wildman–Crippen MR) is 63.3 cm³/mol. The van der Waals surface area contributed by atoms with Crippen molar-refractivity contribution in [1.29, 1.82) is 0 Å². The van der Waals surface area contributed by atoms with Gasteiger partial charge in [0, 0.05) is 6.54 Å². The van der Waals surface area contributed by atoms with Gasteiger partial charge in [0.15, 0.2) is 0 Å². The van der Waals surface area contributed by atoms with E-state index in [4.69, 9.17) is 5.73 Å². The zero-order valence-electron chi connectivity index (χ0n) is 9.16. The Labute approximate surface area is 91.2 Å². The minimum Gasteiger partial charge on any atom is -0.386 e. The summed E-state index contributed by atoms with van der Waals surface area (Å²) in [5.74, 6) is 1.44. The summed E-state index contributed by atoms with van der Waals surface area (Å²) in [6.45, 7) is 3.12. The highest BCUT2D eigenvalue weighted by molar-refractivity contribution is 5.21. The number of nitrogens with two attached hydrogens (primary N) is 1. The van der Waals surface area contributed by atoms with Gasteiger partial charge in [-0.15, -0.1) is 0 Å². The fourth-order valence-corrected chi connectivity index (χ4v) is 1.91. The number of rotatable bonds is 3. The lowest BCUT2D eigenvalue weighted by molar-refractivity contribution is 0.596. The summed E-state index contributed by atoms with van der Waals surface area (Å²) >= 11 is 0. The van der Waals surface area contributed by atoms with Crippen molar-refractivity contribution in [3.05, 3.63) is 47.3 Å². The molecule has 1 aliphatic heterocycles. The van der Waals surface area contributed by atoms with Crippen molar-refractivity contribution in [2.45, 2.75) is 19.8 Å². The molecule has 0 radical (unpaired) electrons. The monoisotopic (exact) mass is 202 g/mol. The van der Waals surface area contributed by atoms with Crippen LogP contribution >= 0.6 is 0 Å². The largest absolute Gasteiger partial charge is 0.386 e. The average Bonchev–Trinajstić information content (AvgIpc) is 2.64. The first-order valence-electron chi connectivity index (χ1n) is 5.51. The summed E-state index contributed by atoms with van der Waals surface area (Å²) in [4.78, 5) is 0. The lowest BCUT2D eigenvalue weighted by Gasteiger charge is -2.06. The van der Waals surface area contributed by atoms with Crippen molar-refractivity contribution in [1.82, 2.24) is 5.32 Å². The SMILES string of the molecule is Cc1ccc(CC[C@H]2C=C(N)NC2)cc1. The molecule has 0 spiro atoms. The van der Waals surface area contributed by atoms with Crippen LogP contribution in [0.15, 0.2) is 36.2 Å². The van der Waals surface area contributed by atoms with Crippen LogP contribution in [0.5, 0.6) is 0 Å². The molecule has 0 bridgehead atoms. The average molecular weight is 202 g/mol. The molecule has 0 aliphatic carbocycles. The Kier molecular flexibility index (Phi) is 2.95. The van der Waals surface area contributed by atoms with Crippen molar-refractivity contribution in [3.63, 3.8) is 0 Å². The van der Waals surface area contributed by atoms with Crippen molar-refractivity contribution >= 4 is 0 Å². The van der Waals surface area contributed by atoms with E-state index in [2.05, 4.69) is 42.6 Å². The van der Waals surface area contributed by atoms with Crippen LogP contribution in [-0.2, 0) is 6.42 Å². The normalized spacial score (nSPS) is 19.8. The van der Waals surface area contributed by atoms with E-state index in [1.54, 1.807) is 0 Å². The Bertz CT molecular complexity index is 351. The minimum atomic E-state index is 0.603. The maximum Gasteiger partial charge on any atom is 0.0922 e. The van der Waals surface area contributed by atoms with Gasteiger partial charge in [-0.1, -0.05) is 29.8 Å². The van der Waals surface area contributed by atoms with Gasteiger partial charge >= 0.3 is 0 Å². The molecule has 2 heteroatoms. The zero-order valence-corrected chi connectivity index (χ0v) is 9.16. The second kappa shape index (κ2) is 4.39. The fraction of sp³-hybridized carbons (Fsp3) is 0.385. The van der Waals surface area contributed by atoms with Crippen molar-refractivity contribution in [2.24, 2.45) is 11.7 Å². The third-order valence-corrected chi connectivity index (χ3v) is 2.91. The van der Waals surface area contributed by atoms with Crippen LogP contribution in [0.3, 0.4) is 0 Å². The number of hydrogen-bond acceptors (Lipinski definition) is 2. The molecule has 80 valence electrons. The number of aryl methyl sites for hydroxylation is 2. The molecule has 3 N–H and O–H groups in total. The van der Waals surface area contributed by atoms with Gasteiger partial charge in [-0.25, -0.2) is 0 Å². The van der Waals surface area contributed by atoms with E-state index in [0.717, 1.165) is 18.8 Å². The Hall–Kier alpha value is -1.44. The molecule has 0 amide bonds. The first-order valence-corrected chi connectivity index (χ1v) is 5.51. The molecule has 0 saturated heterocycles. The lowest BCUT2D eigenvalue weighted by atomic mass is 10.00. The highest BCUT2D eigenvalue weighted by atomic mass is 15.0. The summed E-state index contributed by atoms with van der Waals surface area (Å²) in [7, 11) is 0. The summed E-state index contributed by atoms with van der Waals surface area (Å²) in [6, 6.07) is 8.77. The van der Waals surface area contributed by atoms with E-state index in [9.17, 15) is 0 Å². The standard InChI is InChI=1S/C13H18N2/c1-10-2-4-11(5-3-10)6-7-12-8-13(14)15-9-12/h2-5,8,12,15H,6-7,9,14H2,1H3/t12-/m0/s1. The van der Waals surface area contributed by atoms with Gasteiger partial charge in [0.25, 0.3) is 0 Å². The van der Waals surface area contributed by atoms with Gasteiger partial charge < -0.3 is 11.1 Å². The highest BCUT2D eigenvalue weighted by Gasteiger charge is 2.12. The predicted octanol–water partition coefficient (Wildman–Crippen LogP) is 1.95. The van der Waals surface area contributed by atoms with E-state index in [0.29, 0.717) is 5.92 Å². The second-order valence-electron chi connectivity index (χ2n) is 4.29. The van der Waals surface area contributed by atoms with E-state index < -0.39 is 0 Å². The Morgan fingerprint density at radius 2 is 2.07 bits per heavy atom. The van der Waals surface area contributed by atoms with Crippen LogP contribution in [0.4, 0.5) is 0 Å². The Morgan fingerprint density at radius 3 is 2.67 bits per heavy atom. The third-order valence-electron chi connectivity index (χ3n) is 2.91. The molecule has 1 aromatic rings. The van der Waals surface area contributed by atoms with Gasteiger partial charge in [0.05, 0.1) is 5.82 Å². The topological polar surface area (TPSA) is 38.0 Å². The molecule has 1 atom stereocenters. The van der Waals surface area contributed by atoms with Crippen LogP contribution in [0.2, 0.25) is 0 Å². The van der Waals surface area contributed by atoms with Crippen LogP contribution in [0.25, 0.3) is 0 Å². The molecule has 1 aliphatic rings. The summed E-state index contributed by atoms with van der Waals surface area (Å²) in [6.07, 6.45) is 4.45. The van der Waals surface area contributed by atoms with Gasteiger partial charge in [-0.05, 0) is 37.3 Å². The molecule has 15 heavy (non-hydrogen) atoms. The molecule has 0 aromatic heterocycles. The maximum absolute atomic E-state index is 5.66. The van der Waals surface area contributed by atoms with E-state index >= 15 is 0 Å².